The molecule has 0 amide bonds. The molecule has 0 radical (unpaired) electrons. The van der Waals surface area contributed by atoms with Crippen LogP contribution in [0.1, 0.15) is 18.2 Å². The van der Waals surface area contributed by atoms with Gasteiger partial charge in [0.1, 0.15) is 11.3 Å². The van der Waals surface area contributed by atoms with Crippen LogP contribution in [0.2, 0.25) is 0 Å². The minimum atomic E-state index is -3.86. The third-order valence-corrected chi connectivity index (χ3v) is 6.11. The molecule has 26 heavy (non-hydrogen) atoms. The van der Waals surface area contributed by atoms with Crippen LogP contribution in [0.15, 0.2) is 51.8 Å². The molecular formula is C19H20FNO4S. The van der Waals surface area contributed by atoms with Gasteiger partial charge in [0, 0.05) is 31.0 Å². The van der Waals surface area contributed by atoms with Crippen LogP contribution in [-0.2, 0) is 23.0 Å². The van der Waals surface area contributed by atoms with E-state index in [9.17, 15) is 12.8 Å². The summed E-state index contributed by atoms with van der Waals surface area (Å²) < 4.78 is 51.5. The first-order valence-corrected chi connectivity index (χ1v) is 9.61. The number of halogens is 1. The molecule has 0 saturated heterocycles. The van der Waals surface area contributed by atoms with Crippen LogP contribution >= 0.6 is 0 Å². The lowest BCUT2D eigenvalue weighted by Gasteiger charge is -2.18. The number of hydrogen-bond acceptors (Lipinski definition) is 4. The maximum absolute atomic E-state index is 13.9. The molecule has 5 nitrogen and oxygen atoms in total. The van der Waals surface area contributed by atoms with E-state index in [4.69, 9.17) is 9.15 Å². The number of nitrogens with zero attached hydrogens (tertiary/aromatic N) is 1. The zero-order valence-corrected chi connectivity index (χ0v) is 15.6. The fraction of sp³-hybridized carbons (Fsp3) is 0.263. The molecule has 0 spiro atoms. The monoisotopic (exact) mass is 377 g/mol. The van der Waals surface area contributed by atoms with Crippen LogP contribution in [0.3, 0.4) is 0 Å². The molecule has 0 unspecified atom stereocenters. The van der Waals surface area contributed by atoms with Crippen molar-refractivity contribution >= 4 is 21.0 Å². The van der Waals surface area contributed by atoms with Crippen molar-refractivity contribution in [2.45, 2.75) is 24.8 Å². The topological polar surface area (TPSA) is 59.8 Å². The molecule has 0 bridgehead atoms. The van der Waals surface area contributed by atoms with Gasteiger partial charge in [0.2, 0.25) is 10.0 Å². The number of benzene rings is 2. The second-order valence-corrected chi connectivity index (χ2v) is 7.96. The largest absolute Gasteiger partial charge is 0.494 e. The minimum absolute atomic E-state index is 0.000649. The number of para-hydroxylation sites is 1. The summed E-state index contributed by atoms with van der Waals surface area (Å²) in [6.45, 7) is 2.09. The van der Waals surface area contributed by atoms with Crippen LogP contribution in [-0.4, -0.2) is 26.9 Å². The van der Waals surface area contributed by atoms with Crippen LogP contribution < -0.4 is 4.74 Å². The fourth-order valence-electron chi connectivity index (χ4n) is 2.90. The van der Waals surface area contributed by atoms with Crippen LogP contribution in [0.25, 0.3) is 11.0 Å². The number of ether oxygens (including phenoxy) is 1. The molecule has 0 aliphatic rings. The second-order valence-electron chi connectivity index (χ2n) is 5.91. The lowest BCUT2D eigenvalue weighted by Crippen LogP contribution is -2.27. The normalized spacial score (nSPS) is 12.0. The Morgan fingerprint density at radius 1 is 1.19 bits per heavy atom. The van der Waals surface area contributed by atoms with Crippen molar-refractivity contribution in [2.75, 3.05) is 14.2 Å². The number of methoxy groups -OCH3 is 1. The Morgan fingerprint density at radius 3 is 2.58 bits per heavy atom. The number of rotatable bonds is 6. The average Bonchev–Trinajstić information content (AvgIpc) is 2.99. The lowest BCUT2D eigenvalue weighted by atomic mass is 10.1. The summed E-state index contributed by atoms with van der Waals surface area (Å²) >= 11 is 0. The van der Waals surface area contributed by atoms with E-state index in [1.807, 2.05) is 31.2 Å². The predicted octanol–water partition coefficient (Wildman–Crippen LogP) is 3.96. The van der Waals surface area contributed by atoms with Gasteiger partial charge in [-0.25, -0.2) is 12.8 Å². The van der Waals surface area contributed by atoms with Gasteiger partial charge in [0.05, 0.1) is 12.0 Å². The van der Waals surface area contributed by atoms with Crippen molar-refractivity contribution in [3.8, 4) is 5.75 Å². The Kier molecular flexibility index (Phi) is 5.02. The highest BCUT2D eigenvalue weighted by Gasteiger charge is 2.25. The lowest BCUT2D eigenvalue weighted by molar-refractivity contribution is 0.385. The van der Waals surface area contributed by atoms with Crippen LogP contribution in [0, 0.1) is 5.82 Å². The van der Waals surface area contributed by atoms with Crippen molar-refractivity contribution < 1.29 is 22.0 Å². The summed E-state index contributed by atoms with van der Waals surface area (Å²) in [5, 5.41) is 0.882. The van der Waals surface area contributed by atoms with Crippen molar-refractivity contribution in [2.24, 2.45) is 0 Å². The molecular weight excluding hydrogens is 357 g/mol. The first kappa shape index (κ1) is 18.4. The summed E-state index contributed by atoms with van der Waals surface area (Å²) in [5.41, 5.74) is 1.55. The SMILES string of the molecule is CCc1oc2ccccc2c1CN(C)S(=O)(=O)c1ccc(OC)c(F)c1. The molecule has 0 saturated carbocycles. The van der Waals surface area contributed by atoms with Gasteiger partial charge in [-0.1, -0.05) is 25.1 Å². The molecule has 1 heterocycles. The Morgan fingerprint density at radius 2 is 1.92 bits per heavy atom. The van der Waals surface area contributed by atoms with Crippen LogP contribution in [0.5, 0.6) is 5.75 Å². The van der Waals surface area contributed by atoms with Crippen LogP contribution in [0.4, 0.5) is 4.39 Å². The van der Waals surface area contributed by atoms with Crippen molar-refractivity contribution in [3.05, 3.63) is 59.6 Å². The average molecular weight is 377 g/mol. The van der Waals surface area contributed by atoms with Gasteiger partial charge in [-0.15, -0.1) is 0 Å². The molecule has 0 aliphatic carbocycles. The van der Waals surface area contributed by atoms with Crippen molar-refractivity contribution in [1.29, 1.82) is 0 Å². The minimum Gasteiger partial charge on any atom is -0.494 e. The quantitative estimate of drug-likeness (QED) is 0.652. The number of aryl methyl sites for hydroxylation is 1. The van der Waals surface area contributed by atoms with Gasteiger partial charge in [0.25, 0.3) is 0 Å². The van der Waals surface area contributed by atoms with E-state index in [2.05, 4.69) is 0 Å². The maximum Gasteiger partial charge on any atom is 0.243 e. The standard InChI is InChI=1S/C19H20FNO4S/c1-4-17-15(14-7-5-6-8-18(14)25-17)12-21(2)26(22,23)13-9-10-19(24-3)16(20)11-13/h5-11H,4,12H2,1-3H3. The molecule has 7 heteroatoms. The zero-order chi connectivity index (χ0) is 18.9. The highest BCUT2D eigenvalue weighted by molar-refractivity contribution is 7.89. The van der Waals surface area contributed by atoms with E-state index in [-0.39, 0.29) is 17.2 Å². The van der Waals surface area contributed by atoms with E-state index >= 15 is 0 Å². The van der Waals surface area contributed by atoms with Gasteiger partial charge in [-0.3, -0.25) is 0 Å². The van der Waals surface area contributed by atoms with E-state index in [0.29, 0.717) is 6.42 Å². The summed E-state index contributed by atoms with van der Waals surface area (Å²) in [4.78, 5) is -0.121. The molecule has 0 N–H and O–H groups in total. The molecule has 3 aromatic rings. The van der Waals surface area contributed by atoms with Crippen molar-refractivity contribution in [3.63, 3.8) is 0 Å². The van der Waals surface area contributed by atoms with E-state index in [1.165, 1.54) is 30.6 Å². The molecule has 0 aliphatic heterocycles. The smallest absolute Gasteiger partial charge is 0.243 e. The fourth-order valence-corrected chi connectivity index (χ4v) is 4.05. The third-order valence-electron chi connectivity index (χ3n) is 4.32. The Hall–Kier alpha value is -2.38. The van der Waals surface area contributed by atoms with Gasteiger partial charge < -0.3 is 9.15 Å². The highest BCUT2D eigenvalue weighted by Crippen LogP contribution is 2.29. The summed E-state index contributed by atoms with van der Waals surface area (Å²) in [6.07, 6.45) is 0.648. The summed E-state index contributed by atoms with van der Waals surface area (Å²) in [6, 6.07) is 11.1. The van der Waals surface area contributed by atoms with E-state index in [0.717, 1.165) is 28.4 Å². The first-order valence-electron chi connectivity index (χ1n) is 8.17. The second kappa shape index (κ2) is 7.09. The molecule has 1 aromatic heterocycles. The van der Waals surface area contributed by atoms with Gasteiger partial charge in [-0.2, -0.15) is 4.31 Å². The molecule has 138 valence electrons. The van der Waals surface area contributed by atoms with Gasteiger partial charge >= 0.3 is 0 Å². The molecule has 0 fully saturated rings. The zero-order valence-electron chi connectivity index (χ0n) is 14.8. The molecule has 0 atom stereocenters. The number of fused-ring (bicyclic) bond motifs is 1. The Labute approximate surface area is 152 Å². The number of hydrogen-bond donors (Lipinski definition) is 0. The van der Waals surface area contributed by atoms with Gasteiger partial charge in [-0.05, 0) is 24.3 Å². The number of sulfonamides is 1. The Balaban J connectivity index is 1.97. The van der Waals surface area contributed by atoms with E-state index in [1.54, 1.807) is 0 Å². The molecule has 3 rings (SSSR count). The number of furan rings is 1. The predicted molar refractivity (Wildman–Crippen MR) is 97.2 cm³/mol. The third kappa shape index (κ3) is 3.20. The first-order chi connectivity index (χ1) is 12.4. The summed E-state index contributed by atoms with van der Waals surface area (Å²) in [5.74, 6) is 0.0276. The highest BCUT2D eigenvalue weighted by atomic mass is 32.2. The summed E-state index contributed by atoms with van der Waals surface area (Å²) in [7, 11) is -1.06. The van der Waals surface area contributed by atoms with E-state index < -0.39 is 15.8 Å². The molecule has 2 aromatic carbocycles. The Bertz CT molecular complexity index is 1040. The van der Waals surface area contributed by atoms with Gasteiger partial charge in [0.15, 0.2) is 11.6 Å². The maximum atomic E-state index is 13.9. The van der Waals surface area contributed by atoms with Crippen molar-refractivity contribution in [1.82, 2.24) is 4.31 Å².